The zero-order valence-corrected chi connectivity index (χ0v) is 5.28. The van der Waals surface area contributed by atoms with Gasteiger partial charge < -0.3 is 15.9 Å². The van der Waals surface area contributed by atoms with Crippen LogP contribution in [0.4, 0.5) is 0 Å². The van der Waals surface area contributed by atoms with Gasteiger partial charge in [-0.05, 0) is 6.42 Å². The molecule has 0 aliphatic rings. The van der Waals surface area contributed by atoms with Crippen molar-refractivity contribution in [1.82, 2.24) is 0 Å². The highest BCUT2D eigenvalue weighted by molar-refractivity contribution is 5.74. The van der Waals surface area contributed by atoms with Gasteiger partial charge in [-0.15, -0.1) is 0 Å². The summed E-state index contributed by atoms with van der Waals surface area (Å²) in [6.45, 7) is 0. The number of hydrogen-bond donors (Lipinski definition) is 3. The lowest BCUT2D eigenvalue weighted by atomic mass is 10.2. The molecule has 0 spiro atoms. The Bertz CT molecular complexity index is 149. The van der Waals surface area contributed by atoms with E-state index in [1.54, 1.807) is 0 Å². The van der Waals surface area contributed by atoms with E-state index in [0.717, 1.165) is 0 Å². The highest BCUT2D eigenvalue weighted by Crippen LogP contribution is 1.93. The molecule has 0 fully saturated rings. The van der Waals surface area contributed by atoms with Crippen LogP contribution in [-0.4, -0.2) is 28.2 Å². The number of carboxylic acids is 2. The van der Waals surface area contributed by atoms with Crippen molar-refractivity contribution in [3.63, 3.8) is 0 Å². The molecule has 59 valence electrons. The van der Waals surface area contributed by atoms with Crippen molar-refractivity contribution >= 4 is 11.9 Å². The zero-order valence-electron chi connectivity index (χ0n) is 6.28. The van der Waals surface area contributed by atoms with Gasteiger partial charge in [0.05, 0.1) is 0 Å². The monoisotopic (exact) mass is 148 g/mol. The number of carboxylic acid groups (broad SMARTS) is 2. The van der Waals surface area contributed by atoms with Crippen molar-refractivity contribution in [2.75, 3.05) is 0 Å². The van der Waals surface area contributed by atoms with Crippen molar-refractivity contribution in [3.05, 3.63) is 0 Å². The molecule has 1 unspecified atom stereocenters. The first-order chi connectivity index (χ1) is 4.54. The maximum Gasteiger partial charge on any atom is 0.320 e. The van der Waals surface area contributed by atoms with Gasteiger partial charge in [-0.25, -0.2) is 0 Å². The smallest absolute Gasteiger partial charge is 0.320 e. The molecule has 0 rings (SSSR count). The lowest BCUT2D eigenvalue weighted by Gasteiger charge is -2.01. The first-order valence-corrected chi connectivity index (χ1v) is 2.74. The minimum absolute atomic E-state index is 0. The molecular formula is C5H10NO4. The Balaban J connectivity index is 0. The van der Waals surface area contributed by atoms with E-state index in [4.69, 9.17) is 15.9 Å². The summed E-state index contributed by atoms with van der Waals surface area (Å²) in [6.07, 6.45) is -0.224. The first kappa shape index (κ1) is 8.90. The topological polar surface area (TPSA) is 101 Å². The van der Waals surface area contributed by atoms with Crippen LogP contribution in [0.3, 0.4) is 0 Å². The Hall–Kier alpha value is -1.10. The molecule has 5 heteroatoms. The summed E-state index contributed by atoms with van der Waals surface area (Å²) in [7, 11) is 0. The Kier molecular flexibility index (Phi) is 3.42. The number of rotatable bonds is 4. The fourth-order valence-corrected chi connectivity index (χ4v) is 0.402. The third-order valence-electron chi connectivity index (χ3n) is 0.986. The lowest BCUT2D eigenvalue weighted by molar-refractivity contribution is -0.139. The van der Waals surface area contributed by atoms with E-state index in [0.29, 0.717) is 0 Å². The molecule has 4 N–H and O–H groups in total. The third-order valence-corrected chi connectivity index (χ3v) is 0.986. The molecule has 0 amide bonds. The van der Waals surface area contributed by atoms with E-state index in [9.17, 15) is 9.59 Å². The normalized spacial score (nSPS) is 12.5. The largest absolute Gasteiger partial charge is 0.481 e. The van der Waals surface area contributed by atoms with E-state index in [1.807, 2.05) is 0 Å². The summed E-state index contributed by atoms with van der Waals surface area (Å²) < 4.78 is 0. The number of nitrogens with two attached hydrogens (primary N) is 1. The van der Waals surface area contributed by atoms with Gasteiger partial charge in [0.25, 0.3) is 0 Å². The van der Waals surface area contributed by atoms with Gasteiger partial charge in [-0.3, -0.25) is 9.59 Å². The van der Waals surface area contributed by atoms with E-state index >= 15 is 0 Å². The van der Waals surface area contributed by atoms with Crippen molar-refractivity contribution in [3.8, 4) is 0 Å². The Morgan fingerprint density at radius 1 is 1.50 bits per heavy atom. The zero-order chi connectivity index (χ0) is 8.15. The molecule has 1 atom stereocenters. The number of hydrogen-bond acceptors (Lipinski definition) is 3. The minimum atomic E-state index is -1.17. The van der Waals surface area contributed by atoms with Gasteiger partial charge in [0.1, 0.15) is 6.04 Å². The second kappa shape index (κ2) is 3.84. The molecule has 0 saturated carbocycles. The van der Waals surface area contributed by atoms with Gasteiger partial charge in [0, 0.05) is 7.85 Å². The molecule has 10 heavy (non-hydrogen) atoms. The minimum Gasteiger partial charge on any atom is -0.481 e. The highest BCUT2D eigenvalue weighted by atomic mass is 16.4. The second-order valence-electron chi connectivity index (χ2n) is 1.88. The van der Waals surface area contributed by atoms with E-state index in [-0.39, 0.29) is 14.3 Å². The predicted molar refractivity (Wildman–Crippen MR) is 33.6 cm³/mol. The molecule has 5 nitrogen and oxygen atoms in total. The van der Waals surface area contributed by atoms with Crippen molar-refractivity contribution < 1.29 is 21.2 Å². The van der Waals surface area contributed by atoms with Gasteiger partial charge in [-0.2, -0.15) is 0 Å². The Labute approximate surface area is 58.9 Å². The summed E-state index contributed by atoms with van der Waals surface area (Å²) in [5.74, 6) is -2.20. The van der Waals surface area contributed by atoms with Crippen LogP contribution in [0.2, 0.25) is 0 Å². The number of carbonyl (C=O) groups is 2. The molecule has 0 aliphatic heterocycles. The van der Waals surface area contributed by atoms with Crippen LogP contribution in [0.15, 0.2) is 0 Å². The van der Waals surface area contributed by atoms with Crippen molar-refractivity contribution in [2.45, 2.75) is 18.9 Å². The number of aliphatic carboxylic acids is 2. The Morgan fingerprint density at radius 2 is 2.00 bits per heavy atom. The molecular weight excluding hydrogens is 138 g/mol. The van der Waals surface area contributed by atoms with Crippen LogP contribution in [0.5, 0.6) is 0 Å². The van der Waals surface area contributed by atoms with Crippen molar-refractivity contribution in [2.24, 2.45) is 5.73 Å². The van der Waals surface area contributed by atoms with Gasteiger partial charge in [0.15, 0.2) is 0 Å². The van der Waals surface area contributed by atoms with Crippen LogP contribution in [0, 0.1) is 0 Å². The first-order valence-electron chi connectivity index (χ1n) is 2.74. The van der Waals surface area contributed by atoms with E-state index < -0.39 is 18.0 Å². The summed E-state index contributed by atoms with van der Waals surface area (Å²) in [5.41, 5.74) is 5.00. The van der Waals surface area contributed by atoms with Crippen LogP contribution >= 0.6 is 0 Å². The standard InChI is InChI=1S/C5H9NO4.H/c6-3(5(9)10)1-2-4(7)8;/h3H,1-2,6H2,(H,7,8)(H,9,10);. The predicted octanol–water partition coefficient (Wildman–Crippen LogP) is -0.624. The van der Waals surface area contributed by atoms with Crippen LogP contribution < -0.4 is 5.73 Å². The van der Waals surface area contributed by atoms with E-state index in [2.05, 4.69) is 0 Å². The second-order valence-corrected chi connectivity index (χ2v) is 1.88. The fourth-order valence-electron chi connectivity index (χ4n) is 0.402. The lowest BCUT2D eigenvalue weighted by Crippen LogP contribution is -2.30. The average molecular weight is 148 g/mol. The molecule has 0 saturated heterocycles. The molecule has 1 radical (unpaired) electrons. The quantitative estimate of drug-likeness (QED) is 0.493. The Morgan fingerprint density at radius 3 is 2.30 bits per heavy atom. The maximum absolute atomic E-state index is 9.99. The summed E-state index contributed by atoms with van der Waals surface area (Å²) >= 11 is 0. The molecule has 0 aromatic rings. The molecule has 0 heterocycles. The summed E-state index contributed by atoms with van der Waals surface area (Å²) in [5, 5.41) is 16.3. The average Bonchev–Trinajstić information content (AvgIpc) is 1.82. The summed E-state index contributed by atoms with van der Waals surface area (Å²) in [4.78, 5) is 19.9. The molecule has 0 bridgehead atoms. The van der Waals surface area contributed by atoms with Crippen LogP contribution in [-0.2, 0) is 9.59 Å². The van der Waals surface area contributed by atoms with E-state index in [1.165, 1.54) is 0 Å². The van der Waals surface area contributed by atoms with Gasteiger partial charge >= 0.3 is 11.9 Å². The van der Waals surface area contributed by atoms with Crippen molar-refractivity contribution in [1.29, 1.82) is 0 Å². The summed E-state index contributed by atoms with van der Waals surface area (Å²) in [6, 6.07) is -1.06. The molecule has 0 aliphatic carbocycles. The van der Waals surface area contributed by atoms with Gasteiger partial charge in [0.2, 0.25) is 0 Å². The van der Waals surface area contributed by atoms with Crippen LogP contribution in [0.25, 0.3) is 0 Å². The highest BCUT2D eigenvalue weighted by Gasteiger charge is 2.12. The third kappa shape index (κ3) is 3.85. The molecule has 0 aromatic carbocycles. The SMILES string of the molecule is NC(CCC(=O)O)C(=O)O.[H]. The van der Waals surface area contributed by atoms with Crippen LogP contribution in [0.1, 0.15) is 14.3 Å². The maximum atomic E-state index is 9.99. The fraction of sp³-hybridized carbons (Fsp3) is 0.600. The molecule has 0 aromatic heterocycles. The van der Waals surface area contributed by atoms with Gasteiger partial charge in [-0.1, -0.05) is 0 Å².